The van der Waals surface area contributed by atoms with Crippen LogP contribution in [0.4, 0.5) is 5.69 Å². The largest absolute Gasteiger partial charge is 0.332 e. The number of hydrogen-bond acceptors (Lipinski definition) is 4. The molecule has 0 atom stereocenters. The maximum atomic E-state index is 12.8. The number of amides is 2. The maximum absolute atomic E-state index is 12.8. The van der Waals surface area contributed by atoms with E-state index < -0.39 is 0 Å². The normalized spacial score (nSPS) is 10.8. The minimum atomic E-state index is -0.285. The van der Waals surface area contributed by atoms with Gasteiger partial charge in [-0.3, -0.25) is 9.59 Å². The van der Waals surface area contributed by atoms with Gasteiger partial charge in [-0.1, -0.05) is 12.1 Å². The van der Waals surface area contributed by atoms with Gasteiger partial charge in [0.05, 0.1) is 12.2 Å². The third kappa shape index (κ3) is 3.28. The lowest BCUT2D eigenvalue weighted by molar-refractivity contribution is -0.116. The van der Waals surface area contributed by atoms with E-state index in [1.54, 1.807) is 36.9 Å². The first-order valence-corrected chi connectivity index (χ1v) is 8.30. The first kappa shape index (κ1) is 17.6. The number of hydrogen-bond donors (Lipinski definition) is 1. The highest BCUT2D eigenvalue weighted by molar-refractivity contribution is 6.03. The van der Waals surface area contributed by atoms with Crippen LogP contribution in [0, 0.1) is 20.8 Å². The minimum absolute atomic E-state index is 0.0597. The van der Waals surface area contributed by atoms with Crippen molar-refractivity contribution in [3.8, 4) is 0 Å². The summed E-state index contributed by atoms with van der Waals surface area (Å²) in [6, 6.07) is 7.47. The van der Waals surface area contributed by atoms with Crippen molar-refractivity contribution in [2.24, 2.45) is 0 Å². The number of carbonyl (C=O) groups excluding carboxylic acids is 2. The van der Waals surface area contributed by atoms with Crippen LogP contribution in [0.25, 0.3) is 5.65 Å². The molecule has 3 rings (SSSR count). The molecule has 0 spiro atoms. The summed E-state index contributed by atoms with van der Waals surface area (Å²) in [6.07, 6.45) is 3.35. The molecular weight excluding hydrogens is 330 g/mol. The topological polar surface area (TPSA) is 79.6 Å². The maximum Gasteiger partial charge on any atom is 0.259 e. The summed E-state index contributed by atoms with van der Waals surface area (Å²) < 4.78 is 1.56. The Balaban J connectivity index is 1.75. The highest BCUT2D eigenvalue weighted by Gasteiger charge is 2.23. The average Bonchev–Trinajstić information content (AvgIpc) is 2.94. The molecular formula is C19H21N5O2. The molecule has 0 saturated carbocycles. The lowest BCUT2D eigenvalue weighted by Crippen LogP contribution is -2.35. The highest BCUT2D eigenvalue weighted by Crippen LogP contribution is 2.18. The summed E-state index contributed by atoms with van der Waals surface area (Å²) in [4.78, 5) is 30.8. The fourth-order valence-electron chi connectivity index (χ4n) is 2.80. The van der Waals surface area contributed by atoms with Crippen molar-refractivity contribution in [1.82, 2.24) is 19.5 Å². The number of likely N-dealkylation sites (N-methyl/N-ethyl adjacent to an activating group) is 1. The molecule has 0 aliphatic carbocycles. The monoisotopic (exact) mass is 351 g/mol. The lowest BCUT2D eigenvalue weighted by atomic mass is 10.1. The van der Waals surface area contributed by atoms with Crippen LogP contribution < -0.4 is 5.32 Å². The van der Waals surface area contributed by atoms with E-state index in [-0.39, 0.29) is 18.4 Å². The van der Waals surface area contributed by atoms with E-state index >= 15 is 0 Å². The second-order valence-corrected chi connectivity index (χ2v) is 6.31. The van der Waals surface area contributed by atoms with Crippen LogP contribution >= 0.6 is 0 Å². The summed E-state index contributed by atoms with van der Waals surface area (Å²) in [7, 11) is 1.59. The van der Waals surface area contributed by atoms with E-state index in [1.807, 2.05) is 32.0 Å². The number of aromatic nitrogens is 3. The molecule has 2 aromatic heterocycles. The van der Waals surface area contributed by atoms with Crippen molar-refractivity contribution in [1.29, 1.82) is 0 Å². The Morgan fingerprint density at radius 1 is 1.19 bits per heavy atom. The molecule has 0 fully saturated rings. The van der Waals surface area contributed by atoms with E-state index in [1.165, 1.54) is 4.90 Å². The molecule has 0 bridgehead atoms. The fourth-order valence-corrected chi connectivity index (χ4v) is 2.80. The molecule has 7 heteroatoms. The number of nitrogens with one attached hydrogen (secondary N) is 1. The van der Waals surface area contributed by atoms with Crippen LogP contribution in [0.1, 0.15) is 27.2 Å². The van der Waals surface area contributed by atoms with Crippen molar-refractivity contribution in [2.75, 3.05) is 18.9 Å². The second kappa shape index (κ2) is 6.95. The minimum Gasteiger partial charge on any atom is -0.332 e. The van der Waals surface area contributed by atoms with Gasteiger partial charge in [-0.05, 0) is 44.0 Å². The number of aryl methyl sites for hydroxylation is 2. The molecule has 1 aromatic carbocycles. The number of fused-ring (bicyclic) bond motifs is 1. The Morgan fingerprint density at radius 3 is 2.73 bits per heavy atom. The van der Waals surface area contributed by atoms with Gasteiger partial charge >= 0.3 is 0 Å². The molecule has 0 radical (unpaired) electrons. The smallest absolute Gasteiger partial charge is 0.259 e. The summed E-state index contributed by atoms with van der Waals surface area (Å²) in [5, 5.41) is 7.16. The van der Waals surface area contributed by atoms with Gasteiger partial charge in [0.2, 0.25) is 5.91 Å². The van der Waals surface area contributed by atoms with Crippen molar-refractivity contribution in [2.45, 2.75) is 20.8 Å². The summed E-state index contributed by atoms with van der Waals surface area (Å²) in [5.74, 6) is -0.538. The van der Waals surface area contributed by atoms with Gasteiger partial charge in [-0.25, -0.2) is 9.50 Å². The molecule has 0 aliphatic heterocycles. The van der Waals surface area contributed by atoms with E-state index in [9.17, 15) is 9.59 Å². The Morgan fingerprint density at radius 2 is 1.96 bits per heavy atom. The molecule has 0 saturated heterocycles. The fraction of sp³-hybridized carbons (Fsp3) is 0.263. The van der Waals surface area contributed by atoms with Gasteiger partial charge in [0.1, 0.15) is 5.56 Å². The number of carbonyl (C=O) groups is 2. The van der Waals surface area contributed by atoms with Crippen LogP contribution in [-0.2, 0) is 4.79 Å². The zero-order valence-corrected chi connectivity index (χ0v) is 15.3. The zero-order chi connectivity index (χ0) is 18.8. The van der Waals surface area contributed by atoms with Crippen LogP contribution in [-0.4, -0.2) is 44.9 Å². The summed E-state index contributed by atoms with van der Waals surface area (Å²) in [5.41, 5.74) is 4.34. The third-order valence-electron chi connectivity index (χ3n) is 4.39. The molecule has 1 N–H and O–H groups in total. The standard InChI is InChI=1S/C19H21N5O2/c1-12-7-5-8-15(13(12)2)21-16(25)11-23(4)19(26)17-14(3)22-24-10-6-9-20-18(17)24/h5-10H,11H2,1-4H3,(H,21,25). The Kier molecular flexibility index (Phi) is 4.71. The molecule has 2 amide bonds. The lowest BCUT2D eigenvalue weighted by Gasteiger charge is -2.17. The van der Waals surface area contributed by atoms with E-state index in [0.717, 1.165) is 16.8 Å². The van der Waals surface area contributed by atoms with E-state index in [4.69, 9.17) is 0 Å². The van der Waals surface area contributed by atoms with Crippen molar-refractivity contribution < 1.29 is 9.59 Å². The highest BCUT2D eigenvalue weighted by atomic mass is 16.2. The van der Waals surface area contributed by atoms with Gasteiger partial charge < -0.3 is 10.2 Å². The Bertz CT molecular complexity index is 993. The van der Waals surface area contributed by atoms with Crippen molar-refractivity contribution >= 4 is 23.1 Å². The molecule has 0 unspecified atom stereocenters. The van der Waals surface area contributed by atoms with Crippen LogP contribution in [0.5, 0.6) is 0 Å². The summed E-state index contributed by atoms with van der Waals surface area (Å²) >= 11 is 0. The molecule has 3 aromatic rings. The third-order valence-corrected chi connectivity index (χ3v) is 4.39. The van der Waals surface area contributed by atoms with E-state index in [0.29, 0.717) is 16.9 Å². The molecule has 26 heavy (non-hydrogen) atoms. The van der Waals surface area contributed by atoms with E-state index in [2.05, 4.69) is 15.4 Å². The molecule has 7 nitrogen and oxygen atoms in total. The quantitative estimate of drug-likeness (QED) is 0.782. The molecule has 134 valence electrons. The Hall–Kier alpha value is -3.22. The van der Waals surface area contributed by atoms with Gasteiger partial charge in [-0.15, -0.1) is 0 Å². The second-order valence-electron chi connectivity index (χ2n) is 6.31. The van der Waals surface area contributed by atoms with Gasteiger partial charge in [0.25, 0.3) is 5.91 Å². The number of anilines is 1. The molecule has 0 aliphatic rings. The van der Waals surface area contributed by atoms with Gasteiger partial charge in [0, 0.05) is 25.1 Å². The Labute approximate surface area is 151 Å². The number of nitrogens with zero attached hydrogens (tertiary/aromatic N) is 4. The SMILES string of the molecule is Cc1cccc(NC(=O)CN(C)C(=O)c2c(C)nn3cccnc23)c1C. The van der Waals surface area contributed by atoms with Crippen LogP contribution in [0.2, 0.25) is 0 Å². The predicted molar refractivity (Wildman–Crippen MR) is 99.2 cm³/mol. The first-order chi connectivity index (χ1) is 12.4. The number of benzene rings is 1. The van der Waals surface area contributed by atoms with Gasteiger partial charge in [0.15, 0.2) is 5.65 Å². The van der Waals surface area contributed by atoms with Crippen LogP contribution in [0.15, 0.2) is 36.7 Å². The number of rotatable bonds is 4. The first-order valence-electron chi connectivity index (χ1n) is 8.30. The average molecular weight is 351 g/mol. The predicted octanol–water partition coefficient (Wildman–Crippen LogP) is 2.37. The zero-order valence-electron chi connectivity index (χ0n) is 15.3. The van der Waals surface area contributed by atoms with Crippen molar-refractivity contribution in [3.05, 3.63) is 59.0 Å². The van der Waals surface area contributed by atoms with Crippen molar-refractivity contribution in [3.63, 3.8) is 0 Å². The van der Waals surface area contributed by atoms with Crippen LogP contribution in [0.3, 0.4) is 0 Å². The van der Waals surface area contributed by atoms with Gasteiger partial charge in [-0.2, -0.15) is 5.10 Å². The molecule has 2 heterocycles. The summed E-state index contributed by atoms with van der Waals surface area (Å²) in [6.45, 7) is 5.64.